The van der Waals surface area contributed by atoms with Gasteiger partial charge in [-0.05, 0) is 12.8 Å². The highest BCUT2D eigenvalue weighted by molar-refractivity contribution is 5.81. The summed E-state index contributed by atoms with van der Waals surface area (Å²) >= 11 is 0. The molecule has 1 heterocycles. The SMILES string of the molecule is C=CC(=O)OCC1COC(C2CCCC2)O1. The van der Waals surface area contributed by atoms with Gasteiger partial charge in [-0.1, -0.05) is 19.4 Å². The van der Waals surface area contributed by atoms with Gasteiger partial charge in [0.05, 0.1) is 6.61 Å². The molecule has 1 saturated heterocycles. The fraction of sp³-hybridized carbons (Fsp3) is 0.750. The van der Waals surface area contributed by atoms with Gasteiger partial charge in [0, 0.05) is 12.0 Å². The van der Waals surface area contributed by atoms with E-state index in [4.69, 9.17) is 14.2 Å². The average molecular weight is 226 g/mol. The first-order valence-corrected chi connectivity index (χ1v) is 5.86. The van der Waals surface area contributed by atoms with Crippen molar-refractivity contribution in [3.63, 3.8) is 0 Å². The molecule has 2 rings (SSSR count). The predicted molar refractivity (Wildman–Crippen MR) is 57.7 cm³/mol. The Morgan fingerprint density at radius 1 is 1.44 bits per heavy atom. The molecule has 0 N–H and O–H groups in total. The molecule has 2 aliphatic rings. The van der Waals surface area contributed by atoms with E-state index >= 15 is 0 Å². The summed E-state index contributed by atoms with van der Waals surface area (Å²) in [6.45, 7) is 4.11. The van der Waals surface area contributed by atoms with Gasteiger partial charge in [0.15, 0.2) is 6.29 Å². The number of ether oxygens (including phenoxy) is 3. The van der Waals surface area contributed by atoms with Crippen LogP contribution in [-0.4, -0.2) is 31.6 Å². The van der Waals surface area contributed by atoms with E-state index in [1.807, 2.05) is 0 Å². The van der Waals surface area contributed by atoms with Crippen LogP contribution in [0.25, 0.3) is 0 Å². The van der Waals surface area contributed by atoms with Crippen molar-refractivity contribution in [2.45, 2.75) is 38.1 Å². The molecule has 0 aromatic rings. The van der Waals surface area contributed by atoms with Crippen LogP contribution in [-0.2, 0) is 19.0 Å². The summed E-state index contributed by atoms with van der Waals surface area (Å²) in [5.74, 6) is 0.119. The molecule has 4 heteroatoms. The normalized spacial score (nSPS) is 30.5. The number of esters is 1. The van der Waals surface area contributed by atoms with Crippen LogP contribution >= 0.6 is 0 Å². The van der Waals surface area contributed by atoms with Gasteiger partial charge in [-0.3, -0.25) is 0 Å². The van der Waals surface area contributed by atoms with Gasteiger partial charge in [-0.2, -0.15) is 0 Å². The zero-order valence-corrected chi connectivity index (χ0v) is 9.39. The lowest BCUT2D eigenvalue weighted by atomic mass is 10.1. The second-order valence-electron chi connectivity index (χ2n) is 4.34. The highest BCUT2D eigenvalue weighted by Crippen LogP contribution is 2.32. The lowest BCUT2D eigenvalue weighted by molar-refractivity contribution is -0.143. The topological polar surface area (TPSA) is 44.8 Å². The lowest BCUT2D eigenvalue weighted by Crippen LogP contribution is -2.23. The first kappa shape index (κ1) is 11.6. The first-order chi connectivity index (χ1) is 7.79. The van der Waals surface area contributed by atoms with Gasteiger partial charge in [-0.25, -0.2) is 4.79 Å². The molecule has 1 saturated carbocycles. The fourth-order valence-electron chi connectivity index (χ4n) is 2.27. The van der Waals surface area contributed by atoms with Crippen molar-refractivity contribution >= 4 is 5.97 Å². The van der Waals surface area contributed by atoms with Gasteiger partial charge < -0.3 is 14.2 Å². The van der Waals surface area contributed by atoms with Crippen molar-refractivity contribution in [1.29, 1.82) is 0 Å². The smallest absolute Gasteiger partial charge is 0.330 e. The highest BCUT2D eigenvalue weighted by Gasteiger charge is 2.34. The van der Waals surface area contributed by atoms with Crippen molar-refractivity contribution in [3.05, 3.63) is 12.7 Å². The third-order valence-electron chi connectivity index (χ3n) is 3.14. The van der Waals surface area contributed by atoms with Crippen molar-refractivity contribution in [3.8, 4) is 0 Å². The van der Waals surface area contributed by atoms with E-state index in [0.29, 0.717) is 12.5 Å². The summed E-state index contributed by atoms with van der Waals surface area (Å²) in [5, 5.41) is 0. The van der Waals surface area contributed by atoms with E-state index in [1.54, 1.807) is 0 Å². The number of hydrogen-bond donors (Lipinski definition) is 0. The van der Waals surface area contributed by atoms with Crippen LogP contribution in [0.2, 0.25) is 0 Å². The molecule has 4 nitrogen and oxygen atoms in total. The first-order valence-electron chi connectivity index (χ1n) is 5.86. The van der Waals surface area contributed by atoms with Gasteiger partial charge in [0.2, 0.25) is 0 Å². The zero-order chi connectivity index (χ0) is 11.4. The largest absolute Gasteiger partial charge is 0.460 e. The maximum Gasteiger partial charge on any atom is 0.330 e. The number of rotatable bonds is 4. The minimum atomic E-state index is -0.409. The Labute approximate surface area is 95.6 Å². The van der Waals surface area contributed by atoms with Gasteiger partial charge in [0.1, 0.15) is 12.7 Å². The van der Waals surface area contributed by atoms with Crippen LogP contribution in [0.15, 0.2) is 12.7 Å². The van der Waals surface area contributed by atoms with Crippen molar-refractivity contribution < 1.29 is 19.0 Å². The predicted octanol–water partition coefficient (Wildman–Crippen LogP) is 1.65. The molecule has 1 aliphatic carbocycles. The molecule has 0 amide bonds. The Morgan fingerprint density at radius 3 is 2.88 bits per heavy atom. The number of carbonyl (C=O) groups is 1. The van der Waals surface area contributed by atoms with Gasteiger partial charge in [-0.15, -0.1) is 0 Å². The zero-order valence-electron chi connectivity index (χ0n) is 9.39. The molecule has 2 fully saturated rings. The molecule has 0 aromatic heterocycles. The summed E-state index contributed by atoms with van der Waals surface area (Å²) in [6, 6.07) is 0. The van der Waals surface area contributed by atoms with Crippen molar-refractivity contribution in [2.75, 3.05) is 13.2 Å². The summed E-state index contributed by atoms with van der Waals surface area (Å²) < 4.78 is 16.2. The van der Waals surface area contributed by atoms with E-state index in [-0.39, 0.29) is 19.0 Å². The Balaban J connectivity index is 1.70. The van der Waals surface area contributed by atoms with E-state index in [2.05, 4.69) is 6.58 Å². The molecule has 1 aliphatic heterocycles. The van der Waals surface area contributed by atoms with E-state index < -0.39 is 5.97 Å². The van der Waals surface area contributed by atoms with Crippen LogP contribution in [0.3, 0.4) is 0 Å². The molecule has 0 spiro atoms. The Kier molecular flexibility index (Phi) is 3.96. The Morgan fingerprint density at radius 2 is 2.19 bits per heavy atom. The lowest BCUT2D eigenvalue weighted by Gasteiger charge is -2.17. The minimum Gasteiger partial charge on any atom is -0.460 e. The minimum absolute atomic E-state index is 0.0880. The van der Waals surface area contributed by atoms with Crippen LogP contribution < -0.4 is 0 Å². The average Bonchev–Trinajstić information content (AvgIpc) is 2.95. The standard InChI is InChI=1S/C12H18O4/c1-2-11(13)14-7-10-8-15-12(16-10)9-5-3-4-6-9/h2,9-10,12H,1,3-8H2. The maximum atomic E-state index is 10.9. The molecule has 90 valence electrons. The van der Waals surface area contributed by atoms with Crippen molar-refractivity contribution in [1.82, 2.24) is 0 Å². The van der Waals surface area contributed by atoms with Crippen LogP contribution in [0.1, 0.15) is 25.7 Å². The van der Waals surface area contributed by atoms with Crippen LogP contribution in [0, 0.1) is 5.92 Å². The van der Waals surface area contributed by atoms with E-state index in [9.17, 15) is 4.79 Å². The summed E-state index contributed by atoms with van der Waals surface area (Å²) in [5.41, 5.74) is 0. The molecular weight excluding hydrogens is 208 g/mol. The second-order valence-corrected chi connectivity index (χ2v) is 4.34. The second kappa shape index (κ2) is 5.46. The van der Waals surface area contributed by atoms with Gasteiger partial charge in [0.25, 0.3) is 0 Å². The van der Waals surface area contributed by atoms with E-state index in [1.165, 1.54) is 25.7 Å². The molecule has 2 atom stereocenters. The molecule has 16 heavy (non-hydrogen) atoms. The summed E-state index contributed by atoms with van der Waals surface area (Å²) in [6.07, 6.45) is 5.86. The molecule has 2 unspecified atom stereocenters. The molecule has 0 bridgehead atoms. The van der Waals surface area contributed by atoms with E-state index in [0.717, 1.165) is 6.08 Å². The number of carbonyl (C=O) groups excluding carboxylic acids is 1. The monoisotopic (exact) mass is 226 g/mol. The highest BCUT2D eigenvalue weighted by atomic mass is 16.7. The molecular formula is C12H18O4. The molecule has 0 aromatic carbocycles. The van der Waals surface area contributed by atoms with Crippen LogP contribution in [0.4, 0.5) is 0 Å². The van der Waals surface area contributed by atoms with Crippen molar-refractivity contribution in [2.24, 2.45) is 5.92 Å². The van der Waals surface area contributed by atoms with Gasteiger partial charge >= 0.3 is 5.97 Å². The van der Waals surface area contributed by atoms with Crippen LogP contribution in [0.5, 0.6) is 0 Å². The third-order valence-corrected chi connectivity index (χ3v) is 3.14. The number of hydrogen-bond acceptors (Lipinski definition) is 4. The third kappa shape index (κ3) is 2.83. The fourth-order valence-corrected chi connectivity index (χ4v) is 2.27. The quantitative estimate of drug-likeness (QED) is 0.540. The summed E-state index contributed by atoms with van der Waals surface area (Å²) in [7, 11) is 0. The summed E-state index contributed by atoms with van der Waals surface area (Å²) in [4.78, 5) is 10.9. The molecule has 0 radical (unpaired) electrons. The Bertz CT molecular complexity index is 258. The maximum absolute atomic E-state index is 10.9. The Hall–Kier alpha value is -0.870.